The highest BCUT2D eigenvalue weighted by molar-refractivity contribution is 5.33. The molecule has 0 aliphatic rings. The first-order valence-corrected chi connectivity index (χ1v) is 5.24. The average Bonchev–Trinajstić information content (AvgIpc) is 2.08. The van der Waals surface area contributed by atoms with Gasteiger partial charge in [0.2, 0.25) is 0 Å². The smallest absolute Gasteiger partial charge is 0.0216 e. The van der Waals surface area contributed by atoms with Crippen LogP contribution in [0.4, 0.5) is 0 Å². The molecule has 0 aliphatic carbocycles. The minimum atomic E-state index is 0.650. The number of rotatable bonds is 3. The topological polar surface area (TPSA) is 0 Å². The van der Waals surface area contributed by atoms with Gasteiger partial charge in [0.05, 0.1) is 0 Å². The predicted molar refractivity (Wildman–Crippen MR) is 59.3 cm³/mol. The Morgan fingerprint density at radius 3 is 2.46 bits per heavy atom. The summed E-state index contributed by atoms with van der Waals surface area (Å²) < 4.78 is 0. The summed E-state index contributed by atoms with van der Waals surface area (Å²) >= 11 is 0. The molecule has 0 aromatic heterocycles. The Morgan fingerprint density at radius 2 is 1.92 bits per heavy atom. The highest BCUT2D eigenvalue weighted by Gasteiger charge is 2.03. The quantitative estimate of drug-likeness (QED) is 0.651. The zero-order chi connectivity index (χ0) is 9.84. The molecule has 0 heteroatoms. The Kier molecular flexibility index (Phi) is 3.53. The fraction of sp³-hybridized carbons (Fsp3) is 0.538. The highest BCUT2D eigenvalue weighted by Crippen LogP contribution is 2.20. The fourth-order valence-corrected chi connectivity index (χ4v) is 1.76. The average molecular weight is 176 g/mol. The van der Waals surface area contributed by atoms with Crippen LogP contribution in [0.3, 0.4) is 0 Å². The molecule has 0 N–H and O–H groups in total. The Bertz CT molecular complexity index is 271. The molecule has 0 spiro atoms. The molecule has 0 amide bonds. The summed E-state index contributed by atoms with van der Waals surface area (Å²) in [6, 6.07) is 6.87. The van der Waals surface area contributed by atoms with E-state index in [2.05, 4.69) is 45.9 Å². The molecule has 0 unspecified atom stereocenters. The van der Waals surface area contributed by atoms with Crippen molar-refractivity contribution >= 4 is 0 Å². The molecule has 0 fully saturated rings. The van der Waals surface area contributed by atoms with Crippen LogP contribution < -0.4 is 0 Å². The van der Waals surface area contributed by atoms with Crippen molar-refractivity contribution in [3.63, 3.8) is 0 Å². The van der Waals surface area contributed by atoms with Gasteiger partial charge in [0, 0.05) is 0 Å². The van der Waals surface area contributed by atoms with E-state index in [9.17, 15) is 0 Å². The molecule has 0 saturated carbocycles. The summed E-state index contributed by atoms with van der Waals surface area (Å²) in [7, 11) is 0. The molecule has 13 heavy (non-hydrogen) atoms. The molecule has 0 radical (unpaired) electrons. The maximum atomic E-state index is 2.36. The Labute approximate surface area is 82.0 Å². The van der Waals surface area contributed by atoms with Crippen LogP contribution in [0.1, 0.15) is 49.8 Å². The van der Waals surface area contributed by atoms with Crippen molar-refractivity contribution < 1.29 is 0 Å². The van der Waals surface area contributed by atoms with Crippen molar-refractivity contribution in [3.05, 3.63) is 34.9 Å². The largest absolute Gasteiger partial charge is 0.0651 e. The van der Waals surface area contributed by atoms with Gasteiger partial charge < -0.3 is 0 Å². The molecule has 0 heterocycles. The van der Waals surface area contributed by atoms with Crippen molar-refractivity contribution in [1.82, 2.24) is 0 Å². The number of hydrogen-bond acceptors (Lipinski definition) is 0. The molecule has 1 rings (SSSR count). The van der Waals surface area contributed by atoms with E-state index in [1.54, 1.807) is 0 Å². The lowest BCUT2D eigenvalue weighted by molar-refractivity contribution is 0.844. The predicted octanol–water partition coefficient (Wildman–Crippen LogP) is 4.07. The summed E-state index contributed by atoms with van der Waals surface area (Å²) in [5.41, 5.74) is 4.41. The van der Waals surface area contributed by atoms with Gasteiger partial charge >= 0.3 is 0 Å². The van der Waals surface area contributed by atoms with Crippen molar-refractivity contribution in [2.75, 3.05) is 0 Å². The molecular weight excluding hydrogens is 156 g/mol. The molecule has 1 aromatic rings. The second kappa shape index (κ2) is 4.45. The zero-order valence-corrected chi connectivity index (χ0v) is 9.22. The molecule has 0 saturated heterocycles. The zero-order valence-electron chi connectivity index (χ0n) is 9.22. The monoisotopic (exact) mass is 176 g/mol. The van der Waals surface area contributed by atoms with Crippen molar-refractivity contribution in [2.45, 2.75) is 46.5 Å². The number of hydrogen-bond donors (Lipinski definition) is 0. The van der Waals surface area contributed by atoms with Gasteiger partial charge in [-0.05, 0) is 36.0 Å². The normalized spacial score (nSPS) is 10.8. The van der Waals surface area contributed by atoms with Gasteiger partial charge in [0.1, 0.15) is 0 Å². The summed E-state index contributed by atoms with van der Waals surface area (Å²) in [5, 5.41) is 0. The van der Waals surface area contributed by atoms with Crippen molar-refractivity contribution in [2.24, 2.45) is 0 Å². The van der Waals surface area contributed by atoms with Crippen LogP contribution >= 0.6 is 0 Å². The van der Waals surface area contributed by atoms with Crippen LogP contribution in [-0.2, 0) is 6.42 Å². The summed E-state index contributed by atoms with van der Waals surface area (Å²) in [4.78, 5) is 0. The van der Waals surface area contributed by atoms with Gasteiger partial charge in [-0.2, -0.15) is 0 Å². The van der Waals surface area contributed by atoms with Crippen LogP contribution in [0, 0.1) is 6.92 Å². The first kappa shape index (κ1) is 10.3. The first-order valence-electron chi connectivity index (χ1n) is 5.24. The highest BCUT2D eigenvalue weighted by atomic mass is 14.1. The van der Waals surface area contributed by atoms with Gasteiger partial charge in [-0.1, -0.05) is 45.4 Å². The molecule has 0 aliphatic heterocycles. The third-order valence-corrected chi connectivity index (χ3v) is 2.50. The number of benzene rings is 1. The molecule has 0 atom stereocenters. The summed E-state index contributed by atoms with van der Waals surface area (Å²) in [5.74, 6) is 0.650. The maximum Gasteiger partial charge on any atom is -0.0216 e. The number of aryl methyl sites for hydroxylation is 2. The van der Waals surface area contributed by atoms with Crippen LogP contribution in [0.25, 0.3) is 0 Å². The van der Waals surface area contributed by atoms with E-state index in [1.165, 1.54) is 29.5 Å². The third kappa shape index (κ3) is 2.58. The van der Waals surface area contributed by atoms with Crippen LogP contribution in [0.5, 0.6) is 0 Å². The summed E-state index contributed by atoms with van der Waals surface area (Å²) in [6.45, 7) is 8.95. The minimum absolute atomic E-state index is 0.650. The van der Waals surface area contributed by atoms with E-state index in [0.29, 0.717) is 5.92 Å². The van der Waals surface area contributed by atoms with Crippen molar-refractivity contribution in [3.8, 4) is 0 Å². The lowest BCUT2D eigenvalue weighted by Gasteiger charge is -2.11. The van der Waals surface area contributed by atoms with E-state index < -0.39 is 0 Å². The minimum Gasteiger partial charge on any atom is -0.0651 e. The Balaban J connectivity index is 2.97. The molecule has 1 aromatic carbocycles. The van der Waals surface area contributed by atoms with E-state index in [1.807, 2.05) is 0 Å². The van der Waals surface area contributed by atoms with Crippen LogP contribution in [0.2, 0.25) is 0 Å². The van der Waals surface area contributed by atoms with Gasteiger partial charge in [-0.3, -0.25) is 0 Å². The van der Waals surface area contributed by atoms with E-state index in [-0.39, 0.29) is 0 Å². The second-order valence-corrected chi connectivity index (χ2v) is 4.10. The van der Waals surface area contributed by atoms with Crippen LogP contribution in [-0.4, -0.2) is 0 Å². The molecule has 0 bridgehead atoms. The van der Waals surface area contributed by atoms with Gasteiger partial charge in [0.25, 0.3) is 0 Å². The van der Waals surface area contributed by atoms with E-state index in [4.69, 9.17) is 0 Å². The van der Waals surface area contributed by atoms with Gasteiger partial charge in [-0.15, -0.1) is 0 Å². The molecular formula is C13H20. The standard InChI is InChI=1S/C13H20/c1-5-6-12-8-7-11(4)13(9-12)10(2)3/h7-10H,5-6H2,1-4H3. The lowest BCUT2D eigenvalue weighted by Crippen LogP contribution is -1.94. The Morgan fingerprint density at radius 1 is 1.23 bits per heavy atom. The van der Waals surface area contributed by atoms with Crippen LogP contribution in [0.15, 0.2) is 18.2 Å². The molecule has 0 nitrogen and oxygen atoms in total. The lowest BCUT2D eigenvalue weighted by atomic mass is 9.95. The van der Waals surface area contributed by atoms with E-state index >= 15 is 0 Å². The summed E-state index contributed by atoms with van der Waals surface area (Å²) in [6.07, 6.45) is 2.45. The third-order valence-electron chi connectivity index (χ3n) is 2.50. The SMILES string of the molecule is CCCc1ccc(C)c(C(C)C)c1. The fourth-order valence-electron chi connectivity index (χ4n) is 1.76. The van der Waals surface area contributed by atoms with E-state index in [0.717, 1.165) is 0 Å². The molecule has 72 valence electrons. The maximum absolute atomic E-state index is 2.36. The Hall–Kier alpha value is -0.780. The van der Waals surface area contributed by atoms with Crippen molar-refractivity contribution in [1.29, 1.82) is 0 Å². The first-order chi connectivity index (χ1) is 6.15. The van der Waals surface area contributed by atoms with Gasteiger partial charge in [-0.25, -0.2) is 0 Å². The second-order valence-electron chi connectivity index (χ2n) is 4.10. The van der Waals surface area contributed by atoms with Gasteiger partial charge in [0.15, 0.2) is 0 Å².